The second-order valence-electron chi connectivity index (χ2n) is 19.3. The van der Waals surface area contributed by atoms with Crippen molar-refractivity contribution in [2.75, 3.05) is 26.7 Å². The number of nitrogens with zero attached hydrogens (tertiary/aromatic N) is 6. The number of amides is 3. The zero-order valence-corrected chi connectivity index (χ0v) is 39.5. The van der Waals surface area contributed by atoms with Gasteiger partial charge in [-0.2, -0.15) is 0 Å². The number of dihydropyridines is 1. The number of H-pyrrole nitrogens is 2. The van der Waals surface area contributed by atoms with Crippen LogP contribution in [0.25, 0.3) is 50.2 Å². The number of fused-ring (bicyclic) bond motifs is 5. The Hall–Kier alpha value is -7.21. The summed E-state index contributed by atoms with van der Waals surface area (Å²) in [4.78, 5) is 62.2. The first kappa shape index (κ1) is 46.5. The summed E-state index contributed by atoms with van der Waals surface area (Å²) in [6, 6.07) is 16.0. The highest BCUT2D eigenvalue weighted by Gasteiger charge is 2.43. The average molecular weight is 957 g/mol. The van der Waals surface area contributed by atoms with Crippen LogP contribution in [0.1, 0.15) is 88.0 Å². The number of nitrogens with two attached hydrogens (primary N) is 1. The van der Waals surface area contributed by atoms with Gasteiger partial charge in [0.25, 0.3) is 0 Å². The van der Waals surface area contributed by atoms with Crippen LogP contribution in [0.2, 0.25) is 0 Å². The van der Waals surface area contributed by atoms with Gasteiger partial charge in [-0.1, -0.05) is 58.0 Å². The Morgan fingerprint density at radius 3 is 2.09 bits per heavy atom. The zero-order chi connectivity index (χ0) is 49.1. The van der Waals surface area contributed by atoms with Gasteiger partial charge in [0.2, 0.25) is 18.0 Å². The predicted octanol–water partition coefficient (Wildman–Crippen LogP) is 8.61. The molecule has 3 aromatic heterocycles. The number of allylic oxidation sites excluding steroid dienone is 1. The van der Waals surface area contributed by atoms with E-state index < -0.39 is 60.6 Å². The van der Waals surface area contributed by atoms with Crippen molar-refractivity contribution in [2.24, 2.45) is 22.6 Å². The lowest BCUT2D eigenvalue weighted by atomic mass is 9.99. The fraction of sp³-hybridized carbons (Fsp3) is 0.385. The van der Waals surface area contributed by atoms with Gasteiger partial charge in [0.1, 0.15) is 41.6 Å². The number of aliphatic imine (C=N–C) groups is 1. The van der Waals surface area contributed by atoms with E-state index in [9.17, 15) is 18.8 Å². The third-order valence-electron chi connectivity index (χ3n) is 14.0. The number of nitrogens with one attached hydrogen (secondary N) is 3. The van der Waals surface area contributed by atoms with Crippen molar-refractivity contribution < 1.29 is 37.0 Å². The lowest BCUT2D eigenvalue weighted by molar-refractivity contribution is -0.136. The van der Waals surface area contributed by atoms with Gasteiger partial charge < -0.3 is 44.9 Å². The standard InChI is InChI=1S/C52H55F3N10O5/c1-26(2)45(56)49(66)63-24-34(53)20-41(63)47-59-23-38(61-47)32-17-36(55)44-40-18-33-16-31(37-22-58-48(60-37)42-21-35(54)25-64(42)50(67)46(27(3)4)62-52(68)69-5)10-11-39(33)65(40)51(70-43(44)19-32)30-8-6-28(7-9-30)29-12-14-57-15-13-29/h6-12,14,16-19,22-23,26-27,34-35,41-42,45-46,51H,13,15,20-21,24-25,56H2,1-5H3,(H,58,60)(H,59,61)(H,62,68). The molecule has 7 heterocycles. The highest BCUT2D eigenvalue weighted by atomic mass is 19.1. The summed E-state index contributed by atoms with van der Waals surface area (Å²) >= 11 is 0. The third-order valence-corrected chi connectivity index (χ3v) is 14.0. The van der Waals surface area contributed by atoms with Crippen LogP contribution in [-0.4, -0.2) is 110 Å². The minimum atomic E-state index is -1.29. The topological polar surface area (TPSA) is 189 Å². The minimum absolute atomic E-state index is 0.0305. The molecule has 70 heavy (non-hydrogen) atoms. The molecule has 2 saturated heterocycles. The lowest BCUT2D eigenvalue weighted by Gasteiger charge is -2.31. The van der Waals surface area contributed by atoms with Gasteiger partial charge in [0.05, 0.1) is 78.9 Å². The Bertz CT molecular complexity index is 3050. The van der Waals surface area contributed by atoms with E-state index in [4.69, 9.17) is 15.2 Å². The van der Waals surface area contributed by atoms with Crippen LogP contribution in [-0.2, 0) is 14.3 Å². The molecule has 15 nitrogen and oxygen atoms in total. The Kier molecular flexibility index (Phi) is 12.4. The molecule has 364 valence electrons. The summed E-state index contributed by atoms with van der Waals surface area (Å²) in [5.41, 5.74) is 13.2. The van der Waals surface area contributed by atoms with Gasteiger partial charge in [0, 0.05) is 47.7 Å². The van der Waals surface area contributed by atoms with E-state index >= 15 is 8.78 Å². The Balaban J connectivity index is 1.00. The van der Waals surface area contributed by atoms with Crippen molar-refractivity contribution in [3.63, 3.8) is 0 Å². The highest BCUT2D eigenvalue weighted by Crippen LogP contribution is 2.48. The van der Waals surface area contributed by atoms with Crippen LogP contribution >= 0.6 is 0 Å². The number of rotatable bonds is 11. The molecule has 5 N–H and O–H groups in total. The van der Waals surface area contributed by atoms with Crippen LogP contribution < -0.4 is 15.8 Å². The Morgan fingerprint density at radius 2 is 1.47 bits per heavy atom. The number of alkyl carbamates (subject to hydrolysis) is 1. The molecule has 7 atom stereocenters. The highest BCUT2D eigenvalue weighted by molar-refractivity contribution is 5.93. The molecule has 0 radical (unpaired) electrons. The number of aromatic nitrogens is 5. The molecule has 0 bridgehead atoms. The maximum absolute atomic E-state index is 16.9. The number of methoxy groups -OCH3 is 1. The molecule has 0 aliphatic carbocycles. The molecule has 18 heteroatoms. The summed E-state index contributed by atoms with van der Waals surface area (Å²) in [5.74, 6) is -0.675. The summed E-state index contributed by atoms with van der Waals surface area (Å²) < 4.78 is 60.5. The third kappa shape index (κ3) is 8.51. The number of halogens is 3. The average Bonchev–Trinajstić information content (AvgIpc) is 4.22. The van der Waals surface area contributed by atoms with E-state index in [-0.39, 0.29) is 49.2 Å². The van der Waals surface area contributed by atoms with E-state index in [0.29, 0.717) is 46.6 Å². The number of hydrogen-bond acceptors (Lipinski definition) is 9. The maximum Gasteiger partial charge on any atom is 0.407 e. The summed E-state index contributed by atoms with van der Waals surface area (Å²) in [6.07, 6.45) is 3.93. The maximum atomic E-state index is 16.9. The monoisotopic (exact) mass is 956 g/mol. The van der Waals surface area contributed by atoms with E-state index in [1.165, 1.54) is 28.5 Å². The summed E-state index contributed by atoms with van der Waals surface area (Å²) in [6.45, 7) is 7.75. The van der Waals surface area contributed by atoms with Crippen molar-refractivity contribution in [1.82, 2.24) is 39.6 Å². The number of aromatic amines is 2. The van der Waals surface area contributed by atoms with Crippen LogP contribution in [0.4, 0.5) is 18.0 Å². The normalized spacial score (nSPS) is 21.7. The lowest BCUT2D eigenvalue weighted by Crippen LogP contribution is -2.51. The van der Waals surface area contributed by atoms with Crippen LogP contribution in [0.5, 0.6) is 5.75 Å². The second kappa shape index (κ2) is 18.6. The minimum Gasteiger partial charge on any atom is -0.465 e. The number of imidazole rings is 2. The molecule has 0 spiro atoms. The van der Waals surface area contributed by atoms with Crippen molar-refractivity contribution >= 4 is 40.6 Å². The first-order valence-corrected chi connectivity index (χ1v) is 23.7. The summed E-state index contributed by atoms with van der Waals surface area (Å²) in [7, 11) is 1.22. The van der Waals surface area contributed by atoms with Crippen molar-refractivity contribution in [3.05, 3.63) is 108 Å². The molecule has 3 aromatic carbocycles. The molecule has 3 amide bonds. The molecule has 0 saturated carbocycles. The van der Waals surface area contributed by atoms with Gasteiger partial charge in [0.15, 0.2) is 0 Å². The predicted molar refractivity (Wildman–Crippen MR) is 259 cm³/mol. The van der Waals surface area contributed by atoms with E-state index in [1.54, 1.807) is 32.3 Å². The van der Waals surface area contributed by atoms with Gasteiger partial charge in [-0.15, -0.1) is 0 Å². The van der Waals surface area contributed by atoms with Crippen molar-refractivity contribution in [1.29, 1.82) is 0 Å². The largest absolute Gasteiger partial charge is 0.465 e. The number of hydrogen-bond donors (Lipinski definition) is 4. The molecular formula is C52H55F3N10O5. The Morgan fingerprint density at radius 1 is 0.829 bits per heavy atom. The molecule has 7 unspecified atom stereocenters. The van der Waals surface area contributed by atoms with Gasteiger partial charge in [-0.25, -0.2) is 27.9 Å². The number of likely N-dealkylation sites (tertiary alicyclic amines) is 2. The molecule has 10 rings (SSSR count). The van der Waals surface area contributed by atoms with Gasteiger partial charge >= 0.3 is 6.09 Å². The first-order valence-electron chi connectivity index (χ1n) is 23.7. The van der Waals surface area contributed by atoms with Crippen LogP contribution in [0.3, 0.4) is 0 Å². The summed E-state index contributed by atoms with van der Waals surface area (Å²) in [5, 5.41) is 3.38. The fourth-order valence-electron chi connectivity index (χ4n) is 10.1. The Labute approximate surface area is 402 Å². The van der Waals surface area contributed by atoms with E-state index in [2.05, 4.69) is 42.4 Å². The molecule has 4 aliphatic rings. The zero-order valence-electron chi connectivity index (χ0n) is 39.5. The number of carbonyl (C=O) groups excluding carboxylic acids is 3. The molecule has 2 fully saturated rings. The van der Waals surface area contributed by atoms with Crippen LogP contribution in [0, 0.1) is 17.7 Å². The SMILES string of the molecule is COC(=O)NC(C(=O)N1CC(F)CC1c1ncc(-c2ccc3c(c2)cc2n3C(c3ccc(C4=CC=NCC4)cc3)Oc3cc(-c4cnc(C5CC(F)CN5C(=O)C(N)C(C)C)[nH]4)cc(F)c3-2)[nH]1)C(C)C. The molecule has 6 aromatic rings. The van der Waals surface area contributed by atoms with E-state index in [1.807, 2.05) is 67.1 Å². The fourth-order valence-corrected chi connectivity index (χ4v) is 10.1. The van der Waals surface area contributed by atoms with E-state index in [0.717, 1.165) is 34.0 Å². The van der Waals surface area contributed by atoms with Crippen molar-refractivity contribution in [2.45, 2.75) is 89.7 Å². The number of carbonyl (C=O) groups is 3. The smallest absolute Gasteiger partial charge is 0.407 e. The number of alkyl halides is 2. The quantitative estimate of drug-likeness (QED) is 0.0993. The number of ether oxygens (including phenoxy) is 2. The van der Waals surface area contributed by atoms with Gasteiger partial charge in [-0.3, -0.25) is 14.6 Å². The first-order chi connectivity index (χ1) is 33.7. The van der Waals surface area contributed by atoms with Crippen LogP contribution in [0.15, 0.2) is 84.1 Å². The van der Waals surface area contributed by atoms with Crippen molar-refractivity contribution in [3.8, 4) is 39.5 Å². The van der Waals surface area contributed by atoms with Gasteiger partial charge in [-0.05, 0) is 65.8 Å². The molecular weight excluding hydrogens is 902 g/mol. The molecule has 4 aliphatic heterocycles. The number of benzene rings is 3. The second-order valence-corrected chi connectivity index (χ2v) is 19.3.